The van der Waals surface area contributed by atoms with Gasteiger partial charge in [0.1, 0.15) is 0 Å². The fourth-order valence-electron chi connectivity index (χ4n) is 4.82. The van der Waals surface area contributed by atoms with E-state index < -0.39 is 0 Å². The first-order valence-electron chi connectivity index (χ1n) is 16.9. The highest BCUT2D eigenvalue weighted by Crippen LogP contribution is 2.33. The molecule has 0 fully saturated rings. The number of nitrogens with zero attached hydrogens (tertiary/aromatic N) is 3. The van der Waals surface area contributed by atoms with Crippen LogP contribution < -0.4 is 14.2 Å². The first-order valence-corrected chi connectivity index (χ1v) is 16.9. The molecule has 1 rings (SSSR count). The molecule has 228 valence electrons. The van der Waals surface area contributed by atoms with Crippen LogP contribution in [0, 0.1) is 0 Å². The zero-order valence-corrected chi connectivity index (χ0v) is 26.2. The third-order valence-electron chi connectivity index (χ3n) is 7.38. The minimum Gasteiger partial charge on any atom is -0.484 e. The Morgan fingerprint density at radius 2 is 0.641 bits per heavy atom. The molecule has 0 bridgehead atoms. The summed E-state index contributed by atoms with van der Waals surface area (Å²) in [5, 5.41) is 12.3. The van der Waals surface area contributed by atoms with Gasteiger partial charge < -0.3 is 14.2 Å². The molecular weight excluding hydrogens is 486 g/mol. The normalized spacial score (nSPS) is 11.2. The van der Waals surface area contributed by atoms with Crippen LogP contribution in [-0.4, -0.2) is 35.2 Å². The van der Waals surface area contributed by atoms with Crippen molar-refractivity contribution in [2.75, 3.05) is 19.8 Å². The summed E-state index contributed by atoms with van der Waals surface area (Å²) >= 11 is 0. The summed E-state index contributed by atoms with van der Waals surface area (Å²) in [7, 11) is 0. The molecule has 0 radical (unpaired) electrons. The summed E-state index contributed by atoms with van der Waals surface area (Å²) in [6.45, 7) is 8.67. The molecule has 0 atom stereocenters. The molecular formula is C33H63N3O3. The van der Waals surface area contributed by atoms with Gasteiger partial charge in [0.15, 0.2) is 0 Å². The maximum absolute atomic E-state index is 6.16. The van der Waals surface area contributed by atoms with Crippen LogP contribution in [0.15, 0.2) is 0 Å². The van der Waals surface area contributed by atoms with E-state index in [0.717, 1.165) is 19.3 Å². The Morgan fingerprint density at radius 3 is 0.974 bits per heavy atom. The van der Waals surface area contributed by atoms with Gasteiger partial charge >= 0.3 is 0 Å². The van der Waals surface area contributed by atoms with Gasteiger partial charge in [0.2, 0.25) is 5.75 Å². The molecule has 0 aliphatic heterocycles. The van der Waals surface area contributed by atoms with E-state index in [-0.39, 0.29) is 0 Å². The van der Waals surface area contributed by atoms with Gasteiger partial charge in [0.05, 0.1) is 19.8 Å². The largest absolute Gasteiger partial charge is 0.484 e. The van der Waals surface area contributed by atoms with Crippen LogP contribution in [0.5, 0.6) is 17.5 Å². The number of ether oxygens (including phenoxy) is 3. The standard InChI is InChI=1S/C33H63N3O3/c1-4-7-10-13-16-19-22-25-28-37-31-32(38-29-26-23-20-17-14-11-8-5-2)34-36-35-33(31)39-30-27-24-21-18-15-12-9-6-3/h4-30H2,1-3H3. The van der Waals surface area contributed by atoms with E-state index in [1.54, 1.807) is 0 Å². The zero-order chi connectivity index (χ0) is 28.1. The number of rotatable bonds is 30. The third kappa shape index (κ3) is 20.9. The van der Waals surface area contributed by atoms with E-state index in [1.165, 1.54) is 135 Å². The molecule has 0 aliphatic rings. The van der Waals surface area contributed by atoms with Gasteiger partial charge in [-0.05, 0) is 24.5 Å². The molecule has 39 heavy (non-hydrogen) atoms. The zero-order valence-electron chi connectivity index (χ0n) is 26.2. The van der Waals surface area contributed by atoms with Crippen molar-refractivity contribution < 1.29 is 14.2 Å². The summed E-state index contributed by atoms with van der Waals surface area (Å²) in [6.07, 6.45) is 30.5. The molecule has 0 saturated heterocycles. The Balaban J connectivity index is 2.44. The molecule has 0 spiro atoms. The molecule has 0 saturated carbocycles. The van der Waals surface area contributed by atoms with Crippen LogP contribution in [0.1, 0.15) is 175 Å². The lowest BCUT2D eigenvalue weighted by atomic mass is 10.1. The number of unbranched alkanes of at least 4 members (excludes halogenated alkanes) is 21. The van der Waals surface area contributed by atoms with Gasteiger partial charge in [0.25, 0.3) is 11.8 Å². The third-order valence-corrected chi connectivity index (χ3v) is 7.38. The fraction of sp³-hybridized carbons (Fsp3) is 0.909. The highest BCUT2D eigenvalue weighted by atomic mass is 16.5. The van der Waals surface area contributed by atoms with Crippen molar-refractivity contribution in [2.45, 2.75) is 175 Å². The maximum atomic E-state index is 6.16. The van der Waals surface area contributed by atoms with Gasteiger partial charge in [0, 0.05) is 0 Å². The summed E-state index contributed by atoms with van der Waals surface area (Å²) in [6, 6.07) is 0. The molecule has 1 aromatic rings. The molecule has 0 amide bonds. The molecule has 6 nitrogen and oxygen atoms in total. The lowest BCUT2D eigenvalue weighted by Gasteiger charge is -2.14. The average molecular weight is 550 g/mol. The Morgan fingerprint density at radius 1 is 0.359 bits per heavy atom. The number of aromatic nitrogens is 3. The highest BCUT2D eigenvalue weighted by Gasteiger charge is 2.17. The Bertz CT molecular complexity index is 604. The van der Waals surface area contributed by atoms with Crippen molar-refractivity contribution in [1.29, 1.82) is 0 Å². The van der Waals surface area contributed by atoms with Gasteiger partial charge in [-0.3, -0.25) is 0 Å². The maximum Gasteiger partial charge on any atom is 0.284 e. The van der Waals surface area contributed by atoms with Crippen molar-refractivity contribution in [3.8, 4) is 17.5 Å². The van der Waals surface area contributed by atoms with E-state index in [9.17, 15) is 0 Å². The molecule has 0 aliphatic carbocycles. The lowest BCUT2D eigenvalue weighted by Crippen LogP contribution is -2.10. The second-order valence-electron chi connectivity index (χ2n) is 11.2. The Hall–Kier alpha value is -1.59. The van der Waals surface area contributed by atoms with Crippen LogP contribution in [0.2, 0.25) is 0 Å². The van der Waals surface area contributed by atoms with E-state index in [4.69, 9.17) is 14.2 Å². The van der Waals surface area contributed by atoms with Crippen molar-refractivity contribution in [2.24, 2.45) is 0 Å². The van der Waals surface area contributed by atoms with Gasteiger partial charge in [-0.2, -0.15) is 0 Å². The van der Waals surface area contributed by atoms with Crippen LogP contribution in [-0.2, 0) is 0 Å². The smallest absolute Gasteiger partial charge is 0.284 e. The predicted octanol–water partition coefficient (Wildman–Crippen LogP) is 10.4. The van der Waals surface area contributed by atoms with Gasteiger partial charge in [-0.25, -0.2) is 0 Å². The Labute approximate surface area is 241 Å². The van der Waals surface area contributed by atoms with E-state index in [0.29, 0.717) is 37.3 Å². The summed E-state index contributed by atoms with van der Waals surface area (Å²) < 4.78 is 18.2. The van der Waals surface area contributed by atoms with Crippen LogP contribution >= 0.6 is 0 Å². The second kappa shape index (κ2) is 28.0. The summed E-state index contributed by atoms with van der Waals surface area (Å²) in [5.41, 5.74) is 0. The molecule has 6 heteroatoms. The van der Waals surface area contributed by atoms with Crippen molar-refractivity contribution in [3.63, 3.8) is 0 Å². The average Bonchev–Trinajstić information content (AvgIpc) is 2.95. The first kappa shape index (κ1) is 35.4. The van der Waals surface area contributed by atoms with E-state index in [1.807, 2.05) is 0 Å². The van der Waals surface area contributed by atoms with Crippen LogP contribution in [0.3, 0.4) is 0 Å². The van der Waals surface area contributed by atoms with Crippen LogP contribution in [0.4, 0.5) is 0 Å². The minimum atomic E-state index is 0.429. The molecule has 0 aromatic carbocycles. The monoisotopic (exact) mass is 549 g/mol. The fourth-order valence-corrected chi connectivity index (χ4v) is 4.82. The molecule has 0 N–H and O–H groups in total. The van der Waals surface area contributed by atoms with Gasteiger partial charge in [-0.15, -0.1) is 0 Å². The lowest BCUT2D eigenvalue weighted by molar-refractivity contribution is 0.216. The summed E-state index contributed by atoms with van der Waals surface area (Å²) in [4.78, 5) is 0. The molecule has 0 unspecified atom stereocenters. The van der Waals surface area contributed by atoms with Crippen LogP contribution in [0.25, 0.3) is 0 Å². The SMILES string of the molecule is CCCCCCCCCCOc1nnnc(OCCCCCCCCCC)c1OCCCCCCCCCC. The summed E-state index contributed by atoms with van der Waals surface area (Å²) in [5.74, 6) is 1.39. The molecule has 1 heterocycles. The minimum absolute atomic E-state index is 0.429. The number of hydrogen-bond donors (Lipinski definition) is 0. The highest BCUT2D eigenvalue weighted by molar-refractivity contribution is 5.40. The van der Waals surface area contributed by atoms with Gasteiger partial charge in [-0.1, -0.05) is 166 Å². The first-order chi connectivity index (χ1) is 19.3. The topological polar surface area (TPSA) is 66.4 Å². The van der Waals surface area contributed by atoms with Crippen molar-refractivity contribution in [3.05, 3.63) is 0 Å². The van der Waals surface area contributed by atoms with E-state index >= 15 is 0 Å². The Kier molecular flexibility index (Phi) is 25.4. The van der Waals surface area contributed by atoms with E-state index in [2.05, 4.69) is 36.2 Å². The van der Waals surface area contributed by atoms with Crippen molar-refractivity contribution in [1.82, 2.24) is 15.4 Å². The number of hydrogen-bond acceptors (Lipinski definition) is 6. The van der Waals surface area contributed by atoms with Crippen molar-refractivity contribution >= 4 is 0 Å². The quantitative estimate of drug-likeness (QED) is 0.0889. The molecule has 1 aromatic heterocycles. The second-order valence-corrected chi connectivity index (χ2v) is 11.2. The predicted molar refractivity (Wildman–Crippen MR) is 164 cm³/mol.